The first kappa shape index (κ1) is 11.2. The number of benzene rings is 1. The number of aryl methyl sites for hydroxylation is 1. The van der Waals surface area contributed by atoms with Crippen LogP contribution in [0, 0.1) is 17.0 Å². The van der Waals surface area contributed by atoms with Crippen LogP contribution in [0.3, 0.4) is 0 Å². The summed E-state index contributed by atoms with van der Waals surface area (Å²) in [5.41, 5.74) is 12.5. The van der Waals surface area contributed by atoms with Crippen LogP contribution in [0.5, 0.6) is 0 Å². The standard InChI is InChI=1S/C10H13N3O2/c1-7-5-8(3-2-4-11)6-9(10(7)12)13(14)15/h2-3,5-6H,4,11-12H2,1H3. The second kappa shape index (κ2) is 4.56. The molecule has 0 aliphatic rings. The molecular weight excluding hydrogens is 194 g/mol. The smallest absolute Gasteiger partial charge is 0.292 e. The van der Waals surface area contributed by atoms with Gasteiger partial charge in [-0.3, -0.25) is 10.1 Å². The van der Waals surface area contributed by atoms with Gasteiger partial charge in [-0.15, -0.1) is 0 Å². The van der Waals surface area contributed by atoms with E-state index >= 15 is 0 Å². The lowest BCUT2D eigenvalue weighted by molar-refractivity contribution is -0.383. The van der Waals surface area contributed by atoms with E-state index in [4.69, 9.17) is 11.5 Å². The fraction of sp³-hybridized carbons (Fsp3) is 0.200. The second-order valence-corrected chi connectivity index (χ2v) is 3.17. The summed E-state index contributed by atoms with van der Waals surface area (Å²) in [6, 6.07) is 3.23. The maximum atomic E-state index is 10.7. The fourth-order valence-corrected chi connectivity index (χ4v) is 1.26. The fourth-order valence-electron chi connectivity index (χ4n) is 1.26. The molecule has 0 unspecified atom stereocenters. The van der Waals surface area contributed by atoms with E-state index < -0.39 is 4.92 Å². The van der Waals surface area contributed by atoms with E-state index in [0.29, 0.717) is 12.1 Å². The summed E-state index contributed by atoms with van der Waals surface area (Å²) in [7, 11) is 0. The van der Waals surface area contributed by atoms with Gasteiger partial charge >= 0.3 is 0 Å². The quantitative estimate of drug-likeness (QED) is 0.445. The van der Waals surface area contributed by atoms with Crippen LogP contribution in [0.1, 0.15) is 11.1 Å². The third-order valence-electron chi connectivity index (χ3n) is 2.03. The molecule has 0 amide bonds. The molecule has 5 heteroatoms. The van der Waals surface area contributed by atoms with Gasteiger partial charge in [0.15, 0.2) is 0 Å². The molecule has 80 valence electrons. The molecule has 0 atom stereocenters. The third kappa shape index (κ3) is 2.54. The minimum absolute atomic E-state index is 0.0633. The first-order valence-electron chi connectivity index (χ1n) is 4.47. The van der Waals surface area contributed by atoms with Crippen molar-refractivity contribution in [3.05, 3.63) is 39.4 Å². The van der Waals surface area contributed by atoms with Crippen LogP contribution in [0.15, 0.2) is 18.2 Å². The molecule has 4 N–H and O–H groups in total. The Morgan fingerprint density at radius 1 is 1.53 bits per heavy atom. The van der Waals surface area contributed by atoms with Crippen LogP contribution in [0.4, 0.5) is 11.4 Å². The Morgan fingerprint density at radius 2 is 2.20 bits per heavy atom. The number of nitrogens with two attached hydrogens (primary N) is 2. The summed E-state index contributed by atoms with van der Waals surface area (Å²) in [5, 5.41) is 10.7. The van der Waals surface area contributed by atoms with E-state index in [1.54, 1.807) is 25.1 Å². The summed E-state index contributed by atoms with van der Waals surface area (Å²) in [6.45, 7) is 2.14. The average molecular weight is 207 g/mol. The predicted octanol–water partition coefficient (Wildman–Crippen LogP) is 1.46. The van der Waals surface area contributed by atoms with Gasteiger partial charge in [0.2, 0.25) is 0 Å². The maximum absolute atomic E-state index is 10.7. The SMILES string of the molecule is Cc1cc(C=CCN)cc([N+](=O)[O-])c1N. The van der Waals surface area contributed by atoms with Crippen LogP contribution < -0.4 is 11.5 Å². The molecule has 0 bridgehead atoms. The zero-order valence-electron chi connectivity index (χ0n) is 8.43. The second-order valence-electron chi connectivity index (χ2n) is 3.17. The highest BCUT2D eigenvalue weighted by molar-refractivity contribution is 5.68. The highest BCUT2D eigenvalue weighted by atomic mass is 16.6. The molecular formula is C10H13N3O2. The summed E-state index contributed by atoms with van der Waals surface area (Å²) in [5.74, 6) is 0. The Morgan fingerprint density at radius 3 is 2.73 bits per heavy atom. The molecule has 0 heterocycles. The summed E-state index contributed by atoms with van der Waals surface area (Å²) < 4.78 is 0. The van der Waals surface area contributed by atoms with E-state index in [1.807, 2.05) is 0 Å². The Hall–Kier alpha value is -1.88. The molecule has 5 nitrogen and oxygen atoms in total. The van der Waals surface area contributed by atoms with Gasteiger partial charge in [0.05, 0.1) is 4.92 Å². The zero-order valence-corrected chi connectivity index (χ0v) is 8.43. The van der Waals surface area contributed by atoms with Crippen LogP contribution in [-0.2, 0) is 0 Å². The molecule has 0 aromatic heterocycles. The Labute approximate surface area is 87.5 Å². The van der Waals surface area contributed by atoms with Gasteiger partial charge in [0.1, 0.15) is 5.69 Å². The predicted molar refractivity (Wildman–Crippen MR) is 60.3 cm³/mol. The molecule has 1 aromatic carbocycles. The molecule has 1 rings (SSSR count). The molecule has 15 heavy (non-hydrogen) atoms. The van der Waals surface area contributed by atoms with Gasteiger partial charge in [0.25, 0.3) is 5.69 Å². The van der Waals surface area contributed by atoms with Gasteiger partial charge in [-0.1, -0.05) is 12.2 Å². The largest absolute Gasteiger partial charge is 0.393 e. The minimum atomic E-state index is -0.484. The first-order chi connectivity index (χ1) is 7.06. The Kier molecular flexibility index (Phi) is 3.41. The van der Waals surface area contributed by atoms with Crippen molar-refractivity contribution in [2.24, 2.45) is 5.73 Å². The van der Waals surface area contributed by atoms with Crippen molar-refractivity contribution in [2.45, 2.75) is 6.92 Å². The van der Waals surface area contributed by atoms with E-state index in [0.717, 1.165) is 5.56 Å². The first-order valence-corrected chi connectivity index (χ1v) is 4.47. The van der Waals surface area contributed by atoms with E-state index in [-0.39, 0.29) is 11.4 Å². The molecule has 1 aromatic rings. The molecule has 0 aliphatic carbocycles. The van der Waals surface area contributed by atoms with Crippen LogP contribution in [0.2, 0.25) is 0 Å². The van der Waals surface area contributed by atoms with Crippen molar-refractivity contribution in [2.75, 3.05) is 12.3 Å². The topological polar surface area (TPSA) is 95.2 Å². The van der Waals surface area contributed by atoms with Crippen molar-refractivity contribution >= 4 is 17.5 Å². The number of anilines is 1. The summed E-state index contributed by atoms with van der Waals surface area (Å²) in [6.07, 6.45) is 3.47. The van der Waals surface area contributed by atoms with Crippen molar-refractivity contribution < 1.29 is 4.92 Å². The molecule has 0 radical (unpaired) electrons. The number of nitro benzene ring substituents is 1. The van der Waals surface area contributed by atoms with Gasteiger partial charge in [0, 0.05) is 12.6 Å². The lowest BCUT2D eigenvalue weighted by Gasteiger charge is -2.03. The van der Waals surface area contributed by atoms with E-state index in [1.165, 1.54) is 6.07 Å². The number of nitrogen functional groups attached to an aromatic ring is 1. The lowest BCUT2D eigenvalue weighted by Crippen LogP contribution is -1.99. The third-order valence-corrected chi connectivity index (χ3v) is 2.03. The maximum Gasteiger partial charge on any atom is 0.292 e. The van der Waals surface area contributed by atoms with Crippen LogP contribution in [0.25, 0.3) is 6.08 Å². The number of nitro groups is 1. The highest BCUT2D eigenvalue weighted by Gasteiger charge is 2.13. The Bertz CT molecular complexity index is 413. The summed E-state index contributed by atoms with van der Waals surface area (Å²) in [4.78, 5) is 10.2. The normalized spacial score (nSPS) is 10.8. The lowest BCUT2D eigenvalue weighted by atomic mass is 10.1. The van der Waals surface area contributed by atoms with Gasteiger partial charge in [-0.05, 0) is 24.1 Å². The van der Waals surface area contributed by atoms with Crippen LogP contribution >= 0.6 is 0 Å². The molecule has 0 fully saturated rings. The van der Waals surface area contributed by atoms with E-state index in [9.17, 15) is 10.1 Å². The van der Waals surface area contributed by atoms with Gasteiger partial charge in [-0.25, -0.2) is 0 Å². The molecule has 0 spiro atoms. The van der Waals surface area contributed by atoms with Crippen molar-refractivity contribution in [1.29, 1.82) is 0 Å². The molecule has 0 aliphatic heterocycles. The van der Waals surface area contributed by atoms with Crippen molar-refractivity contribution in [3.63, 3.8) is 0 Å². The highest BCUT2D eigenvalue weighted by Crippen LogP contribution is 2.27. The number of hydrogen-bond donors (Lipinski definition) is 2. The number of nitrogens with zero attached hydrogens (tertiary/aromatic N) is 1. The monoisotopic (exact) mass is 207 g/mol. The molecule has 0 saturated carbocycles. The Balaban J connectivity index is 3.23. The van der Waals surface area contributed by atoms with E-state index in [2.05, 4.69) is 0 Å². The van der Waals surface area contributed by atoms with Crippen molar-refractivity contribution in [1.82, 2.24) is 0 Å². The van der Waals surface area contributed by atoms with Gasteiger partial charge < -0.3 is 11.5 Å². The minimum Gasteiger partial charge on any atom is -0.393 e. The van der Waals surface area contributed by atoms with Gasteiger partial charge in [-0.2, -0.15) is 0 Å². The zero-order chi connectivity index (χ0) is 11.4. The summed E-state index contributed by atoms with van der Waals surface area (Å²) >= 11 is 0. The number of rotatable bonds is 3. The number of hydrogen-bond acceptors (Lipinski definition) is 4. The van der Waals surface area contributed by atoms with Crippen LogP contribution in [-0.4, -0.2) is 11.5 Å². The average Bonchev–Trinajstić information content (AvgIpc) is 2.19. The van der Waals surface area contributed by atoms with Crippen molar-refractivity contribution in [3.8, 4) is 0 Å². The molecule has 0 saturated heterocycles.